The SMILES string of the molecule is COC(=O)C(C)CCCCC1CCCC1. The highest BCUT2D eigenvalue weighted by Crippen LogP contribution is 2.29. The molecule has 0 saturated heterocycles. The molecular formula is C13H24O2. The van der Waals surface area contributed by atoms with Crippen LogP contribution < -0.4 is 0 Å². The second kappa shape index (κ2) is 6.86. The van der Waals surface area contributed by atoms with E-state index < -0.39 is 0 Å². The van der Waals surface area contributed by atoms with Crippen LogP contribution in [0.3, 0.4) is 0 Å². The molecule has 0 heterocycles. The highest BCUT2D eigenvalue weighted by molar-refractivity contribution is 5.71. The van der Waals surface area contributed by atoms with E-state index in [4.69, 9.17) is 4.74 Å². The van der Waals surface area contributed by atoms with Gasteiger partial charge in [0.25, 0.3) is 0 Å². The lowest BCUT2D eigenvalue weighted by molar-refractivity contribution is -0.145. The van der Waals surface area contributed by atoms with Crippen molar-refractivity contribution in [1.82, 2.24) is 0 Å². The van der Waals surface area contributed by atoms with Gasteiger partial charge in [-0.3, -0.25) is 4.79 Å². The van der Waals surface area contributed by atoms with Gasteiger partial charge < -0.3 is 4.74 Å². The van der Waals surface area contributed by atoms with E-state index in [2.05, 4.69) is 0 Å². The third-order valence-corrected chi connectivity index (χ3v) is 3.58. The molecule has 0 spiro atoms. The summed E-state index contributed by atoms with van der Waals surface area (Å²) in [4.78, 5) is 11.1. The molecule has 0 radical (unpaired) electrons. The average Bonchev–Trinajstić information content (AvgIpc) is 2.75. The van der Waals surface area contributed by atoms with Crippen molar-refractivity contribution in [3.63, 3.8) is 0 Å². The number of methoxy groups -OCH3 is 1. The van der Waals surface area contributed by atoms with E-state index in [-0.39, 0.29) is 11.9 Å². The van der Waals surface area contributed by atoms with E-state index in [0.717, 1.165) is 12.3 Å². The van der Waals surface area contributed by atoms with Crippen molar-refractivity contribution in [2.45, 2.75) is 58.3 Å². The van der Waals surface area contributed by atoms with Gasteiger partial charge in [-0.1, -0.05) is 51.9 Å². The second-order valence-electron chi connectivity index (χ2n) is 4.86. The van der Waals surface area contributed by atoms with E-state index >= 15 is 0 Å². The third kappa shape index (κ3) is 4.67. The summed E-state index contributed by atoms with van der Waals surface area (Å²) in [6.07, 6.45) is 10.6. The minimum atomic E-state index is -0.0594. The quantitative estimate of drug-likeness (QED) is 0.497. The van der Waals surface area contributed by atoms with Crippen molar-refractivity contribution in [3.8, 4) is 0 Å². The van der Waals surface area contributed by atoms with Gasteiger partial charge in [-0.15, -0.1) is 0 Å². The Morgan fingerprint density at radius 3 is 2.60 bits per heavy atom. The van der Waals surface area contributed by atoms with Crippen LogP contribution in [0, 0.1) is 11.8 Å². The van der Waals surface area contributed by atoms with Crippen molar-refractivity contribution in [2.75, 3.05) is 7.11 Å². The van der Waals surface area contributed by atoms with Crippen molar-refractivity contribution in [2.24, 2.45) is 11.8 Å². The van der Waals surface area contributed by atoms with Crippen LogP contribution in [0.15, 0.2) is 0 Å². The maximum Gasteiger partial charge on any atom is 0.308 e. The highest BCUT2D eigenvalue weighted by atomic mass is 16.5. The summed E-state index contributed by atoms with van der Waals surface area (Å²) in [5, 5.41) is 0. The van der Waals surface area contributed by atoms with Crippen LogP contribution in [0.2, 0.25) is 0 Å². The molecule has 0 aromatic heterocycles. The maximum atomic E-state index is 11.1. The Balaban J connectivity index is 1.98. The first-order chi connectivity index (χ1) is 7.24. The van der Waals surface area contributed by atoms with Crippen LogP contribution in [0.1, 0.15) is 58.3 Å². The van der Waals surface area contributed by atoms with Crippen LogP contribution in [-0.4, -0.2) is 13.1 Å². The normalized spacial score (nSPS) is 19.1. The Morgan fingerprint density at radius 2 is 2.00 bits per heavy atom. The monoisotopic (exact) mass is 212 g/mol. The molecule has 2 heteroatoms. The number of carbonyl (C=O) groups excluding carboxylic acids is 1. The number of hydrogen-bond donors (Lipinski definition) is 0. The number of carbonyl (C=O) groups is 1. The van der Waals surface area contributed by atoms with E-state index in [1.54, 1.807) is 0 Å². The zero-order valence-electron chi connectivity index (χ0n) is 10.1. The summed E-state index contributed by atoms with van der Waals surface area (Å²) < 4.78 is 4.70. The Bertz CT molecular complexity index is 183. The minimum Gasteiger partial charge on any atom is -0.469 e. The zero-order chi connectivity index (χ0) is 11.1. The topological polar surface area (TPSA) is 26.3 Å². The zero-order valence-corrected chi connectivity index (χ0v) is 10.1. The van der Waals surface area contributed by atoms with E-state index in [9.17, 15) is 4.79 Å². The maximum absolute atomic E-state index is 11.1. The van der Waals surface area contributed by atoms with Crippen molar-refractivity contribution in [1.29, 1.82) is 0 Å². The summed E-state index contributed by atoms with van der Waals surface area (Å²) in [5.41, 5.74) is 0. The number of esters is 1. The smallest absolute Gasteiger partial charge is 0.308 e. The first kappa shape index (κ1) is 12.5. The molecule has 0 N–H and O–H groups in total. The van der Waals surface area contributed by atoms with Crippen LogP contribution in [0.25, 0.3) is 0 Å². The van der Waals surface area contributed by atoms with Crippen molar-refractivity contribution < 1.29 is 9.53 Å². The molecule has 0 amide bonds. The third-order valence-electron chi connectivity index (χ3n) is 3.58. The predicted octanol–water partition coefficient (Wildman–Crippen LogP) is 3.55. The number of hydrogen-bond acceptors (Lipinski definition) is 2. The van der Waals surface area contributed by atoms with E-state index in [0.29, 0.717) is 0 Å². The Labute approximate surface area is 93.4 Å². The minimum absolute atomic E-state index is 0.0594. The molecule has 0 aliphatic heterocycles. The van der Waals surface area contributed by atoms with Gasteiger partial charge >= 0.3 is 5.97 Å². The molecular weight excluding hydrogens is 188 g/mol. The van der Waals surface area contributed by atoms with Gasteiger partial charge in [0.2, 0.25) is 0 Å². The van der Waals surface area contributed by atoms with Gasteiger partial charge in [0.15, 0.2) is 0 Å². The Kier molecular flexibility index (Phi) is 5.74. The predicted molar refractivity (Wildman–Crippen MR) is 61.6 cm³/mol. The van der Waals surface area contributed by atoms with Gasteiger partial charge in [-0.2, -0.15) is 0 Å². The number of unbranched alkanes of at least 4 members (excludes halogenated alkanes) is 1. The summed E-state index contributed by atoms with van der Waals surface area (Å²) in [6.45, 7) is 1.96. The van der Waals surface area contributed by atoms with Gasteiger partial charge in [0, 0.05) is 0 Å². The molecule has 15 heavy (non-hydrogen) atoms. The molecule has 1 saturated carbocycles. The fourth-order valence-corrected chi connectivity index (χ4v) is 2.50. The van der Waals surface area contributed by atoms with Crippen LogP contribution in [0.4, 0.5) is 0 Å². The van der Waals surface area contributed by atoms with Gasteiger partial charge in [0.1, 0.15) is 0 Å². The molecule has 1 unspecified atom stereocenters. The van der Waals surface area contributed by atoms with Crippen LogP contribution in [-0.2, 0) is 9.53 Å². The van der Waals surface area contributed by atoms with Crippen LogP contribution >= 0.6 is 0 Å². The number of ether oxygens (including phenoxy) is 1. The molecule has 2 nitrogen and oxygen atoms in total. The van der Waals surface area contributed by atoms with Gasteiger partial charge in [-0.05, 0) is 12.3 Å². The van der Waals surface area contributed by atoms with Crippen LogP contribution in [0.5, 0.6) is 0 Å². The highest BCUT2D eigenvalue weighted by Gasteiger charge is 2.15. The first-order valence-corrected chi connectivity index (χ1v) is 6.32. The largest absolute Gasteiger partial charge is 0.469 e. The summed E-state index contributed by atoms with van der Waals surface area (Å²) >= 11 is 0. The summed E-state index contributed by atoms with van der Waals surface area (Å²) in [5.74, 6) is 1.01. The van der Waals surface area contributed by atoms with Gasteiger partial charge in [-0.25, -0.2) is 0 Å². The summed E-state index contributed by atoms with van der Waals surface area (Å²) in [7, 11) is 1.47. The van der Waals surface area contributed by atoms with Crippen molar-refractivity contribution in [3.05, 3.63) is 0 Å². The van der Waals surface area contributed by atoms with Crippen molar-refractivity contribution >= 4 is 5.97 Å². The molecule has 1 rings (SSSR count). The van der Waals surface area contributed by atoms with E-state index in [1.807, 2.05) is 6.92 Å². The molecule has 0 aromatic rings. The lowest BCUT2D eigenvalue weighted by Gasteiger charge is -2.10. The molecule has 1 aliphatic rings. The average molecular weight is 212 g/mol. The number of rotatable bonds is 6. The molecule has 0 bridgehead atoms. The molecule has 1 aliphatic carbocycles. The van der Waals surface area contributed by atoms with Gasteiger partial charge in [0.05, 0.1) is 13.0 Å². The fourth-order valence-electron chi connectivity index (χ4n) is 2.50. The standard InChI is InChI=1S/C13H24O2/c1-11(13(14)15-2)7-3-4-8-12-9-5-6-10-12/h11-12H,3-10H2,1-2H3. The molecule has 88 valence electrons. The van der Waals surface area contributed by atoms with E-state index in [1.165, 1.54) is 52.1 Å². The Morgan fingerprint density at radius 1 is 1.33 bits per heavy atom. The molecule has 1 atom stereocenters. The molecule has 0 aromatic carbocycles. The summed E-state index contributed by atoms with van der Waals surface area (Å²) in [6, 6.07) is 0. The first-order valence-electron chi connectivity index (χ1n) is 6.32. The second-order valence-corrected chi connectivity index (χ2v) is 4.86. The fraction of sp³-hybridized carbons (Fsp3) is 0.923. The molecule has 1 fully saturated rings. The lowest BCUT2D eigenvalue weighted by Crippen LogP contribution is -2.12. The Hall–Kier alpha value is -0.530. The lowest BCUT2D eigenvalue weighted by atomic mass is 9.97.